The Morgan fingerprint density at radius 1 is 1.50 bits per heavy atom. The number of carbonyl (C=O) groups excluding carboxylic acids is 1. The van der Waals surface area contributed by atoms with E-state index in [0.29, 0.717) is 6.54 Å². The summed E-state index contributed by atoms with van der Waals surface area (Å²) in [5.41, 5.74) is 8.60. The molecule has 1 aromatic carbocycles. The van der Waals surface area contributed by atoms with Crippen molar-refractivity contribution in [3.63, 3.8) is 0 Å². The number of hydrogen-bond donors (Lipinski definition) is 1. The number of amides is 1. The number of fused-ring (bicyclic) bond motifs is 1. The molecule has 1 amide bonds. The summed E-state index contributed by atoms with van der Waals surface area (Å²) in [4.78, 5) is 13.5. The monoisotopic (exact) mass is 190 g/mol. The molecule has 0 saturated heterocycles. The Balaban J connectivity index is 2.47. The second kappa shape index (κ2) is 3.42. The number of rotatable bonds is 2. The van der Waals surface area contributed by atoms with Crippen LogP contribution in [0.25, 0.3) is 0 Å². The molecule has 1 heterocycles. The van der Waals surface area contributed by atoms with Gasteiger partial charge in [0.15, 0.2) is 0 Å². The van der Waals surface area contributed by atoms with Crippen LogP contribution in [-0.4, -0.2) is 24.4 Å². The number of nitrogens with two attached hydrogens (primary N) is 1. The lowest BCUT2D eigenvalue weighted by Gasteiger charge is -2.06. The molecule has 74 valence electrons. The van der Waals surface area contributed by atoms with Gasteiger partial charge in [-0.15, -0.1) is 0 Å². The molecular formula is C11H14N2O. The average Bonchev–Trinajstić information content (AvgIpc) is 2.45. The van der Waals surface area contributed by atoms with Crippen LogP contribution >= 0.6 is 0 Å². The van der Waals surface area contributed by atoms with Gasteiger partial charge in [0.2, 0.25) is 0 Å². The maximum atomic E-state index is 11.8. The van der Waals surface area contributed by atoms with Crippen LogP contribution in [0.5, 0.6) is 0 Å². The first kappa shape index (κ1) is 9.21. The fourth-order valence-corrected chi connectivity index (χ4v) is 1.94. The van der Waals surface area contributed by atoms with Crippen molar-refractivity contribution >= 4 is 5.91 Å². The van der Waals surface area contributed by atoms with E-state index in [1.807, 2.05) is 25.2 Å². The van der Waals surface area contributed by atoms with E-state index >= 15 is 0 Å². The summed E-state index contributed by atoms with van der Waals surface area (Å²) < 4.78 is 0. The number of carbonyl (C=O) groups is 1. The highest BCUT2D eigenvalue weighted by Crippen LogP contribution is 2.24. The molecule has 1 aliphatic heterocycles. The van der Waals surface area contributed by atoms with E-state index in [-0.39, 0.29) is 5.91 Å². The van der Waals surface area contributed by atoms with E-state index < -0.39 is 0 Å². The lowest BCUT2D eigenvalue weighted by atomic mass is 10.0. The molecule has 3 heteroatoms. The van der Waals surface area contributed by atoms with Gasteiger partial charge in [0.25, 0.3) is 5.91 Å². The fraction of sp³-hybridized carbons (Fsp3) is 0.364. The Morgan fingerprint density at radius 3 is 3.00 bits per heavy atom. The third kappa shape index (κ3) is 1.30. The van der Waals surface area contributed by atoms with Crippen molar-refractivity contribution < 1.29 is 4.79 Å². The van der Waals surface area contributed by atoms with Gasteiger partial charge in [-0.2, -0.15) is 0 Å². The van der Waals surface area contributed by atoms with Crippen LogP contribution in [-0.2, 0) is 13.0 Å². The largest absolute Gasteiger partial charge is 0.337 e. The van der Waals surface area contributed by atoms with Crippen molar-refractivity contribution in [1.82, 2.24) is 4.90 Å². The molecule has 0 unspecified atom stereocenters. The first-order valence-electron chi connectivity index (χ1n) is 4.80. The summed E-state index contributed by atoms with van der Waals surface area (Å²) in [6.45, 7) is 1.32. The van der Waals surface area contributed by atoms with E-state index in [4.69, 9.17) is 5.73 Å². The summed E-state index contributed by atoms with van der Waals surface area (Å²) in [7, 11) is 1.83. The highest BCUT2D eigenvalue weighted by atomic mass is 16.2. The Hall–Kier alpha value is -1.35. The predicted octanol–water partition coefficient (Wildman–Crippen LogP) is 0.773. The smallest absolute Gasteiger partial charge is 0.254 e. The van der Waals surface area contributed by atoms with Gasteiger partial charge in [0.1, 0.15) is 0 Å². The van der Waals surface area contributed by atoms with Gasteiger partial charge in [0, 0.05) is 19.2 Å². The molecule has 2 rings (SSSR count). The maximum absolute atomic E-state index is 11.8. The average molecular weight is 190 g/mol. The zero-order chi connectivity index (χ0) is 10.1. The molecule has 0 aromatic heterocycles. The van der Waals surface area contributed by atoms with Crippen molar-refractivity contribution in [2.45, 2.75) is 13.0 Å². The Labute approximate surface area is 83.5 Å². The lowest BCUT2D eigenvalue weighted by Crippen LogP contribution is -2.18. The van der Waals surface area contributed by atoms with E-state index in [2.05, 4.69) is 0 Å². The van der Waals surface area contributed by atoms with Gasteiger partial charge in [-0.3, -0.25) is 4.79 Å². The molecular weight excluding hydrogens is 176 g/mol. The second-order valence-corrected chi connectivity index (χ2v) is 3.65. The second-order valence-electron chi connectivity index (χ2n) is 3.65. The summed E-state index contributed by atoms with van der Waals surface area (Å²) in [6.07, 6.45) is 0.781. The van der Waals surface area contributed by atoms with Crippen molar-refractivity contribution in [3.8, 4) is 0 Å². The maximum Gasteiger partial charge on any atom is 0.254 e. The standard InChI is InChI=1S/C11H14N2O/c1-13-7-9-4-2-3-8(5-6-12)10(9)11(13)14/h2-4H,5-7,12H2,1H3. The van der Waals surface area contributed by atoms with E-state index in [9.17, 15) is 4.79 Å². The van der Waals surface area contributed by atoms with Gasteiger partial charge in [-0.25, -0.2) is 0 Å². The van der Waals surface area contributed by atoms with Gasteiger partial charge in [0.05, 0.1) is 0 Å². The molecule has 0 aliphatic carbocycles. The number of hydrogen-bond acceptors (Lipinski definition) is 2. The lowest BCUT2D eigenvalue weighted by molar-refractivity contribution is 0.0815. The third-order valence-electron chi connectivity index (χ3n) is 2.62. The number of nitrogens with zero attached hydrogens (tertiary/aromatic N) is 1. The minimum Gasteiger partial charge on any atom is -0.337 e. The van der Waals surface area contributed by atoms with Gasteiger partial charge in [-0.05, 0) is 24.1 Å². The predicted molar refractivity (Wildman–Crippen MR) is 55.0 cm³/mol. The highest BCUT2D eigenvalue weighted by molar-refractivity contribution is 5.99. The summed E-state index contributed by atoms with van der Waals surface area (Å²) in [5.74, 6) is 0.129. The Morgan fingerprint density at radius 2 is 2.29 bits per heavy atom. The summed E-state index contributed by atoms with van der Waals surface area (Å²) in [5, 5.41) is 0. The molecule has 1 aliphatic rings. The van der Waals surface area contributed by atoms with Crippen LogP contribution in [0.2, 0.25) is 0 Å². The molecule has 14 heavy (non-hydrogen) atoms. The van der Waals surface area contributed by atoms with Crippen LogP contribution in [0.1, 0.15) is 21.5 Å². The molecule has 0 radical (unpaired) electrons. The number of benzene rings is 1. The zero-order valence-corrected chi connectivity index (χ0v) is 8.29. The molecule has 0 fully saturated rings. The molecule has 0 atom stereocenters. The van der Waals surface area contributed by atoms with Crippen LogP contribution < -0.4 is 5.73 Å². The SMILES string of the molecule is CN1Cc2cccc(CCN)c2C1=O. The molecule has 3 nitrogen and oxygen atoms in total. The van der Waals surface area contributed by atoms with Gasteiger partial charge in [-0.1, -0.05) is 18.2 Å². The van der Waals surface area contributed by atoms with Gasteiger partial charge < -0.3 is 10.6 Å². The molecule has 0 spiro atoms. The quantitative estimate of drug-likeness (QED) is 0.748. The molecule has 2 N–H and O–H groups in total. The Bertz CT molecular complexity index is 374. The highest BCUT2D eigenvalue weighted by Gasteiger charge is 2.26. The van der Waals surface area contributed by atoms with Crippen LogP contribution in [0, 0.1) is 0 Å². The third-order valence-corrected chi connectivity index (χ3v) is 2.62. The minimum absolute atomic E-state index is 0.129. The molecule has 0 saturated carbocycles. The van der Waals surface area contributed by atoms with Crippen molar-refractivity contribution in [1.29, 1.82) is 0 Å². The molecule has 1 aromatic rings. The zero-order valence-electron chi connectivity index (χ0n) is 8.29. The van der Waals surface area contributed by atoms with Crippen molar-refractivity contribution in [2.24, 2.45) is 5.73 Å². The first-order valence-corrected chi connectivity index (χ1v) is 4.80. The minimum atomic E-state index is 0.129. The summed E-state index contributed by atoms with van der Waals surface area (Å²) in [6, 6.07) is 6.00. The fourth-order valence-electron chi connectivity index (χ4n) is 1.94. The van der Waals surface area contributed by atoms with Crippen molar-refractivity contribution in [2.75, 3.05) is 13.6 Å². The van der Waals surface area contributed by atoms with Crippen molar-refractivity contribution in [3.05, 3.63) is 34.9 Å². The van der Waals surface area contributed by atoms with Gasteiger partial charge >= 0.3 is 0 Å². The van der Waals surface area contributed by atoms with E-state index in [1.165, 1.54) is 0 Å². The summed E-state index contributed by atoms with van der Waals surface area (Å²) >= 11 is 0. The normalized spacial score (nSPS) is 14.7. The topological polar surface area (TPSA) is 46.3 Å². The van der Waals surface area contributed by atoms with Crippen LogP contribution in [0.3, 0.4) is 0 Å². The van der Waals surface area contributed by atoms with E-state index in [0.717, 1.165) is 29.7 Å². The first-order chi connectivity index (χ1) is 6.74. The van der Waals surface area contributed by atoms with E-state index in [1.54, 1.807) is 4.90 Å². The van der Waals surface area contributed by atoms with Crippen LogP contribution in [0.4, 0.5) is 0 Å². The Kier molecular flexibility index (Phi) is 2.25. The van der Waals surface area contributed by atoms with Crippen LogP contribution in [0.15, 0.2) is 18.2 Å². The molecule has 0 bridgehead atoms.